The van der Waals surface area contributed by atoms with Gasteiger partial charge in [-0.3, -0.25) is 4.79 Å². The van der Waals surface area contributed by atoms with Crippen LogP contribution in [-0.2, 0) is 11.2 Å². The quantitative estimate of drug-likeness (QED) is 0.944. The normalized spacial score (nSPS) is 10.2. The Morgan fingerprint density at radius 2 is 2.00 bits per heavy atom. The molecule has 2 aromatic rings. The molecule has 17 heavy (non-hydrogen) atoms. The maximum absolute atomic E-state index is 10.6. The predicted molar refractivity (Wildman–Crippen MR) is 66.5 cm³/mol. The summed E-state index contributed by atoms with van der Waals surface area (Å²) in [4.78, 5) is 19.0. The van der Waals surface area contributed by atoms with Gasteiger partial charge in [-0.05, 0) is 27.6 Å². The van der Waals surface area contributed by atoms with E-state index >= 15 is 0 Å². The Bertz CT molecular complexity index is 540. The number of nitrogens with zero attached hydrogens (tertiary/aromatic N) is 2. The summed E-state index contributed by atoms with van der Waals surface area (Å²) in [6, 6.07) is 7.22. The number of benzene rings is 1. The lowest BCUT2D eigenvalue weighted by atomic mass is 10.1. The number of aromatic nitrogens is 2. The van der Waals surface area contributed by atoms with E-state index < -0.39 is 5.97 Å². The van der Waals surface area contributed by atoms with Crippen LogP contribution in [0.15, 0.2) is 41.1 Å². The second-order valence-corrected chi connectivity index (χ2v) is 4.41. The Balaban J connectivity index is 2.32. The fraction of sp³-hybridized carbons (Fsp3) is 0.0833. The van der Waals surface area contributed by atoms with Crippen molar-refractivity contribution in [2.24, 2.45) is 0 Å². The molecule has 1 N–H and O–H groups in total. The first-order valence-electron chi connectivity index (χ1n) is 4.94. The van der Waals surface area contributed by atoms with Crippen LogP contribution >= 0.6 is 15.9 Å². The van der Waals surface area contributed by atoms with Gasteiger partial charge in [-0.15, -0.1) is 0 Å². The minimum atomic E-state index is -0.848. The Labute approximate surface area is 106 Å². The van der Waals surface area contributed by atoms with Gasteiger partial charge in [-0.1, -0.05) is 18.2 Å². The summed E-state index contributed by atoms with van der Waals surface area (Å²) in [5, 5.41) is 8.73. The molecule has 2 rings (SSSR count). The Morgan fingerprint density at radius 1 is 1.29 bits per heavy atom. The van der Waals surface area contributed by atoms with Gasteiger partial charge >= 0.3 is 5.97 Å². The van der Waals surface area contributed by atoms with Gasteiger partial charge in [0, 0.05) is 18.0 Å². The van der Waals surface area contributed by atoms with Crippen molar-refractivity contribution < 1.29 is 9.90 Å². The molecule has 1 aromatic carbocycles. The molecule has 0 atom stereocenters. The van der Waals surface area contributed by atoms with E-state index in [9.17, 15) is 4.79 Å². The lowest BCUT2D eigenvalue weighted by Gasteiger charge is -2.02. The van der Waals surface area contributed by atoms with Gasteiger partial charge in [0.15, 0.2) is 5.82 Å². The molecule has 0 aliphatic rings. The summed E-state index contributed by atoms with van der Waals surface area (Å²) in [6.45, 7) is 0. The highest BCUT2D eigenvalue weighted by Gasteiger charge is 2.04. The van der Waals surface area contributed by atoms with E-state index in [2.05, 4.69) is 25.9 Å². The molecule has 0 bridgehead atoms. The first-order chi connectivity index (χ1) is 8.15. The third-order valence-corrected chi connectivity index (χ3v) is 2.57. The van der Waals surface area contributed by atoms with Gasteiger partial charge in [0.25, 0.3) is 0 Å². The van der Waals surface area contributed by atoms with E-state index in [4.69, 9.17) is 5.11 Å². The number of hydrogen-bond donors (Lipinski definition) is 1. The van der Waals surface area contributed by atoms with E-state index in [0.717, 1.165) is 15.6 Å². The Hall–Kier alpha value is -1.75. The third kappa shape index (κ3) is 3.10. The molecule has 86 valence electrons. The lowest BCUT2D eigenvalue weighted by molar-refractivity contribution is -0.136. The first kappa shape index (κ1) is 11.7. The molecule has 0 aliphatic heterocycles. The SMILES string of the molecule is O=C(O)Cc1cccc(-c2ncc(Br)cn2)c1. The Morgan fingerprint density at radius 3 is 2.65 bits per heavy atom. The average molecular weight is 293 g/mol. The van der Waals surface area contributed by atoms with Crippen molar-refractivity contribution in [2.75, 3.05) is 0 Å². The van der Waals surface area contributed by atoms with Crippen molar-refractivity contribution in [2.45, 2.75) is 6.42 Å². The molecule has 0 amide bonds. The van der Waals surface area contributed by atoms with E-state index in [-0.39, 0.29) is 6.42 Å². The highest BCUT2D eigenvalue weighted by Crippen LogP contribution is 2.17. The third-order valence-electron chi connectivity index (χ3n) is 2.16. The summed E-state index contributed by atoms with van der Waals surface area (Å²) in [7, 11) is 0. The van der Waals surface area contributed by atoms with Gasteiger partial charge in [0.1, 0.15) is 0 Å². The maximum atomic E-state index is 10.6. The zero-order chi connectivity index (χ0) is 12.3. The predicted octanol–water partition coefficient (Wildman–Crippen LogP) is 2.53. The van der Waals surface area contributed by atoms with Crippen LogP contribution in [0, 0.1) is 0 Å². The monoisotopic (exact) mass is 292 g/mol. The lowest BCUT2D eigenvalue weighted by Crippen LogP contribution is -2.00. The molecule has 0 spiro atoms. The molecular formula is C12H9BrN2O2. The number of carboxylic acid groups (broad SMARTS) is 1. The number of halogens is 1. The van der Waals surface area contributed by atoms with Crippen molar-refractivity contribution >= 4 is 21.9 Å². The number of hydrogen-bond acceptors (Lipinski definition) is 3. The van der Waals surface area contributed by atoms with Crippen molar-refractivity contribution in [3.05, 3.63) is 46.7 Å². The number of carboxylic acids is 1. The van der Waals surface area contributed by atoms with Crippen molar-refractivity contribution in [3.63, 3.8) is 0 Å². The van der Waals surface area contributed by atoms with Gasteiger partial charge < -0.3 is 5.11 Å². The first-order valence-corrected chi connectivity index (χ1v) is 5.73. The molecule has 0 radical (unpaired) electrons. The molecular weight excluding hydrogens is 284 g/mol. The van der Waals surface area contributed by atoms with E-state index in [0.29, 0.717) is 5.82 Å². The van der Waals surface area contributed by atoms with Crippen molar-refractivity contribution in [1.29, 1.82) is 0 Å². The molecule has 0 fully saturated rings. The maximum Gasteiger partial charge on any atom is 0.307 e. The van der Waals surface area contributed by atoms with Crippen LogP contribution in [0.1, 0.15) is 5.56 Å². The van der Waals surface area contributed by atoms with Crippen LogP contribution < -0.4 is 0 Å². The summed E-state index contributed by atoms with van der Waals surface area (Å²) < 4.78 is 0.808. The second kappa shape index (κ2) is 5.05. The summed E-state index contributed by atoms with van der Waals surface area (Å²) in [5.41, 5.74) is 1.55. The number of rotatable bonds is 3. The van der Waals surface area contributed by atoms with Crippen LogP contribution in [0.3, 0.4) is 0 Å². The van der Waals surface area contributed by atoms with Gasteiger partial charge in [0.2, 0.25) is 0 Å². The molecule has 0 unspecified atom stereocenters. The fourth-order valence-electron chi connectivity index (χ4n) is 1.46. The summed E-state index contributed by atoms with van der Waals surface area (Å²) in [6.07, 6.45) is 3.32. The second-order valence-electron chi connectivity index (χ2n) is 3.50. The molecule has 5 heteroatoms. The van der Waals surface area contributed by atoms with E-state index in [1.165, 1.54) is 0 Å². The molecule has 0 aliphatic carbocycles. The number of carbonyl (C=O) groups is 1. The van der Waals surface area contributed by atoms with Crippen molar-refractivity contribution in [1.82, 2.24) is 9.97 Å². The zero-order valence-electron chi connectivity index (χ0n) is 8.80. The van der Waals surface area contributed by atoms with Gasteiger partial charge in [-0.25, -0.2) is 9.97 Å². The van der Waals surface area contributed by atoms with E-state index in [1.54, 1.807) is 30.6 Å². The standard InChI is InChI=1S/C12H9BrN2O2/c13-10-6-14-12(15-7-10)9-3-1-2-8(4-9)5-11(16)17/h1-4,6-7H,5H2,(H,16,17). The number of aliphatic carboxylic acids is 1. The average Bonchev–Trinajstić information content (AvgIpc) is 2.29. The smallest absolute Gasteiger partial charge is 0.307 e. The largest absolute Gasteiger partial charge is 0.481 e. The molecule has 0 saturated carbocycles. The molecule has 1 aromatic heterocycles. The van der Waals surface area contributed by atoms with Crippen molar-refractivity contribution in [3.8, 4) is 11.4 Å². The summed E-state index contributed by atoms with van der Waals surface area (Å²) >= 11 is 3.26. The topological polar surface area (TPSA) is 63.1 Å². The molecule has 1 heterocycles. The summed E-state index contributed by atoms with van der Waals surface area (Å²) in [5.74, 6) is -0.265. The molecule has 4 nitrogen and oxygen atoms in total. The fourth-order valence-corrected chi connectivity index (χ4v) is 1.66. The van der Waals surface area contributed by atoms with Gasteiger partial charge in [-0.2, -0.15) is 0 Å². The van der Waals surface area contributed by atoms with Crippen LogP contribution in [0.25, 0.3) is 11.4 Å². The zero-order valence-corrected chi connectivity index (χ0v) is 10.4. The highest BCUT2D eigenvalue weighted by molar-refractivity contribution is 9.10. The highest BCUT2D eigenvalue weighted by atomic mass is 79.9. The van der Waals surface area contributed by atoms with Crippen LogP contribution in [0.5, 0.6) is 0 Å². The van der Waals surface area contributed by atoms with Crippen LogP contribution in [-0.4, -0.2) is 21.0 Å². The minimum Gasteiger partial charge on any atom is -0.481 e. The van der Waals surface area contributed by atoms with Gasteiger partial charge in [0.05, 0.1) is 10.9 Å². The van der Waals surface area contributed by atoms with Crippen LogP contribution in [0.2, 0.25) is 0 Å². The van der Waals surface area contributed by atoms with E-state index in [1.807, 2.05) is 6.07 Å². The minimum absolute atomic E-state index is 0.00433. The Kier molecular flexibility index (Phi) is 3.49. The molecule has 0 saturated heterocycles. The van der Waals surface area contributed by atoms with Crippen LogP contribution in [0.4, 0.5) is 0 Å².